The molecule has 0 amide bonds. The number of carbonyl (C=O) groups is 1. The van der Waals surface area contributed by atoms with Gasteiger partial charge in [0, 0.05) is 12.5 Å². The van der Waals surface area contributed by atoms with Gasteiger partial charge in [-0.2, -0.15) is 22.0 Å². The number of carbonyl (C=O) groups excluding carboxylic acids is 1. The molecule has 1 aliphatic rings. The van der Waals surface area contributed by atoms with Gasteiger partial charge in [-0.25, -0.2) is 0 Å². The van der Waals surface area contributed by atoms with Crippen LogP contribution in [-0.2, 0) is 26.4 Å². The van der Waals surface area contributed by atoms with E-state index in [0.717, 1.165) is 22.8 Å². The van der Waals surface area contributed by atoms with Gasteiger partial charge in [-0.3, -0.25) is 9.36 Å². The predicted octanol–water partition coefficient (Wildman–Crippen LogP) is 5.83. The minimum Gasteiger partial charge on any atom is -0.496 e. The molecule has 0 spiro atoms. The number of ether oxygens (including phenoxy) is 3. The van der Waals surface area contributed by atoms with Crippen LogP contribution in [0, 0.1) is 6.92 Å². The molecule has 2 unspecified atom stereocenters. The second-order valence-corrected chi connectivity index (χ2v) is 8.57. The molecule has 4 rings (SSSR count). The fourth-order valence-corrected chi connectivity index (χ4v) is 4.36. The van der Waals surface area contributed by atoms with Crippen molar-refractivity contribution < 1.29 is 41.0 Å². The lowest BCUT2D eigenvalue weighted by Gasteiger charge is -2.25. The number of aromatic nitrogens is 3. The van der Waals surface area contributed by atoms with Crippen molar-refractivity contribution in [1.29, 1.82) is 0 Å². The number of methoxy groups -OCH3 is 1. The van der Waals surface area contributed by atoms with Crippen LogP contribution in [0.3, 0.4) is 0 Å². The first-order valence-electron chi connectivity index (χ1n) is 11.4. The maximum Gasteiger partial charge on any atom is 0.416 e. The summed E-state index contributed by atoms with van der Waals surface area (Å²) in [6.45, 7) is 3.96. The van der Waals surface area contributed by atoms with Gasteiger partial charge in [-0.15, -0.1) is 10.2 Å². The Morgan fingerprint density at radius 3 is 2.46 bits per heavy atom. The lowest BCUT2D eigenvalue weighted by Crippen LogP contribution is -2.19. The SMILES string of the molecule is CCOC(=O)CC1OC(c2cccc(OC)c2C)c2cc(C(F)(F)F)ccc2-n2c1nnc2C(C)(F)F. The lowest BCUT2D eigenvalue weighted by molar-refractivity contribution is -0.147. The molecule has 37 heavy (non-hydrogen) atoms. The van der Waals surface area contributed by atoms with Crippen LogP contribution >= 0.6 is 0 Å². The molecule has 0 aliphatic carbocycles. The summed E-state index contributed by atoms with van der Waals surface area (Å²) in [4.78, 5) is 12.4. The molecule has 0 fully saturated rings. The summed E-state index contributed by atoms with van der Waals surface area (Å²) in [5, 5.41) is 7.50. The van der Waals surface area contributed by atoms with Crippen LogP contribution in [0.25, 0.3) is 5.69 Å². The van der Waals surface area contributed by atoms with Crippen molar-refractivity contribution in [2.45, 2.75) is 51.5 Å². The summed E-state index contributed by atoms with van der Waals surface area (Å²) >= 11 is 0. The summed E-state index contributed by atoms with van der Waals surface area (Å²) in [7, 11) is 1.44. The van der Waals surface area contributed by atoms with Gasteiger partial charge in [0.1, 0.15) is 18.0 Å². The van der Waals surface area contributed by atoms with E-state index in [1.165, 1.54) is 7.11 Å². The summed E-state index contributed by atoms with van der Waals surface area (Å²) in [5.41, 5.74) is -0.0832. The van der Waals surface area contributed by atoms with Gasteiger partial charge in [-0.1, -0.05) is 12.1 Å². The Hall–Kier alpha value is -3.54. The van der Waals surface area contributed by atoms with E-state index in [-0.39, 0.29) is 23.7 Å². The molecule has 7 nitrogen and oxygen atoms in total. The summed E-state index contributed by atoms with van der Waals surface area (Å²) in [6, 6.07) is 7.67. The van der Waals surface area contributed by atoms with Crippen molar-refractivity contribution in [3.63, 3.8) is 0 Å². The Kier molecular flexibility index (Phi) is 6.97. The molecule has 0 saturated heterocycles. The zero-order chi connectivity index (χ0) is 27.1. The highest BCUT2D eigenvalue weighted by atomic mass is 19.4. The van der Waals surface area contributed by atoms with Gasteiger partial charge < -0.3 is 14.2 Å². The van der Waals surface area contributed by atoms with Gasteiger partial charge in [0.2, 0.25) is 5.82 Å². The van der Waals surface area contributed by atoms with Gasteiger partial charge in [0.15, 0.2) is 5.82 Å². The fourth-order valence-electron chi connectivity index (χ4n) is 4.36. The topological polar surface area (TPSA) is 75.5 Å². The van der Waals surface area contributed by atoms with E-state index in [2.05, 4.69) is 10.2 Å². The first kappa shape index (κ1) is 26.5. The molecular weight excluding hydrogens is 501 g/mol. The van der Waals surface area contributed by atoms with E-state index in [1.54, 1.807) is 32.0 Å². The molecule has 1 aliphatic heterocycles. The molecule has 0 N–H and O–H groups in total. The predicted molar refractivity (Wildman–Crippen MR) is 121 cm³/mol. The van der Waals surface area contributed by atoms with Crippen molar-refractivity contribution in [2.75, 3.05) is 13.7 Å². The number of nitrogens with zero attached hydrogens (tertiary/aromatic N) is 3. The number of halogens is 5. The van der Waals surface area contributed by atoms with Crippen LogP contribution in [0.15, 0.2) is 36.4 Å². The summed E-state index contributed by atoms with van der Waals surface area (Å²) in [5.74, 6) is -4.72. The zero-order valence-corrected chi connectivity index (χ0v) is 20.4. The number of hydrogen-bond acceptors (Lipinski definition) is 6. The third kappa shape index (κ3) is 5.02. The number of rotatable bonds is 6. The van der Waals surface area contributed by atoms with Crippen LogP contribution in [0.2, 0.25) is 0 Å². The number of esters is 1. The smallest absolute Gasteiger partial charge is 0.416 e. The number of fused-ring (bicyclic) bond motifs is 3. The number of hydrogen-bond donors (Lipinski definition) is 0. The molecule has 0 bridgehead atoms. The Morgan fingerprint density at radius 1 is 1.11 bits per heavy atom. The van der Waals surface area contributed by atoms with Crippen LogP contribution in [0.1, 0.15) is 66.4 Å². The quantitative estimate of drug-likeness (QED) is 0.298. The van der Waals surface area contributed by atoms with E-state index >= 15 is 0 Å². The Balaban J connectivity index is 2.03. The van der Waals surface area contributed by atoms with Crippen molar-refractivity contribution in [2.24, 2.45) is 0 Å². The molecule has 2 atom stereocenters. The molecule has 2 heterocycles. The summed E-state index contributed by atoms with van der Waals surface area (Å²) in [6.07, 6.45) is -7.61. The number of alkyl halides is 5. The average molecular weight is 525 g/mol. The molecule has 2 aromatic carbocycles. The molecule has 12 heteroatoms. The van der Waals surface area contributed by atoms with Crippen LogP contribution in [-0.4, -0.2) is 34.5 Å². The fraction of sp³-hybridized carbons (Fsp3) is 0.400. The monoisotopic (exact) mass is 525 g/mol. The Labute approximate surface area is 209 Å². The normalized spacial score (nSPS) is 17.5. The third-order valence-electron chi connectivity index (χ3n) is 6.03. The third-order valence-corrected chi connectivity index (χ3v) is 6.03. The van der Waals surface area contributed by atoms with E-state index in [4.69, 9.17) is 14.2 Å². The second kappa shape index (κ2) is 9.73. The van der Waals surface area contributed by atoms with Crippen LogP contribution < -0.4 is 4.74 Å². The van der Waals surface area contributed by atoms with Crippen molar-refractivity contribution in [1.82, 2.24) is 14.8 Å². The van der Waals surface area contributed by atoms with Crippen LogP contribution in [0.5, 0.6) is 5.75 Å². The molecular formula is C25H24F5N3O4. The maximum atomic E-state index is 14.6. The first-order chi connectivity index (χ1) is 17.4. The Bertz CT molecular complexity index is 1320. The van der Waals surface area contributed by atoms with Gasteiger partial charge in [0.25, 0.3) is 0 Å². The van der Waals surface area contributed by atoms with Crippen LogP contribution in [0.4, 0.5) is 22.0 Å². The van der Waals surface area contributed by atoms with Gasteiger partial charge >= 0.3 is 18.1 Å². The minimum absolute atomic E-state index is 0.0249. The standard InChI is InChI=1S/C25H24F5N3O4/c1-5-36-20(34)12-19-22-31-32-23(24(3,26)27)33(22)17-10-9-14(25(28,29)30)11-16(17)21(37-19)15-7-6-8-18(35-4)13(15)2/h6-11,19,21H,5,12H2,1-4H3. The lowest BCUT2D eigenvalue weighted by atomic mass is 9.94. The van der Waals surface area contributed by atoms with Gasteiger partial charge in [-0.05, 0) is 49.2 Å². The minimum atomic E-state index is -4.72. The number of benzene rings is 2. The van der Waals surface area contributed by atoms with Gasteiger partial charge in [0.05, 0.1) is 31.4 Å². The highest BCUT2D eigenvalue weighted by Crippen LogP contribution is 2.46. The molecule has 1 aromatic heterocycles. The highest BCUT2D eigenvalue weighted by molar-refractivity contribution is 5.70. The zero-order valence-electron chi connectivity index (χ0n) is 20.4. The Morgan fingerprint density at radius 2 is 1.84 bits per heavy atom. The van der Waals surface area contributed by atoms with Crippen molar-refractivity contribution in [3.8, 4) is 11.4 Å². The van der Waals surface area contributed by atoms with E-state index in [9.17, 15) is 26.7 Å². The molecule has 0 radical (unpaired) electrons. The largest absolute Gasteiger partial charge is 0.496 e. The molecule has 3 aromatic rings. The molecule has 0 saturated carbocycles. The van der Waals surface area contributed by atoms with Crippen molar-refractivity contribution in [3.05, 3.63) is 70.3 Å². The average Bonchev–Trinajstić information content (AvgIpc) is 3.22. The summed E-state index contributed by atoms with van der Waals surface area (Å²) < 4.78 is 88.1. The molecule has 198 valence electrons. The van der Waals surface area contributed by atoms with E-state index in [1.807, 2.05) is 0 Å². The van der Waals surface area contributed by atoms with E-state index in [0.29, 0.717) is 23.8 Å². The van der Waals surface area contributed by atoms with Crippen molar-refractivity contribution >= 4 is 5.97 Å². The second-order valence-electron chi connectivity index (χ2n) is 8.57. The maximum absolute atomic E-state index is 14.6. The van der Waals surface area contributed by atoms with E-state index < -0.39 is 48.1 Å². The first-order valence-corrected chi connectivity index (χ1v) is 11.4. The highest BCUT2D eigenvalue weighted by Gasteiger charge is 2.42.